The number of nitrogens with zero attached hydrogens (tertiary/aromatic N) is 1. The number of phenols is 1. The fourth-order valence-corrected chi connectivity index (χ4v) is 7.15. The number of imide groups is 1. The smallest absolute Gasteiger partial charge is 0.303 e. The lowest BCUT2D eigenvalue weighted by molar-refractivity contribution is -0.141. The number of amides is 2. The molecule has 1 saturated heterocycles. The van der Waals surface area contributed by atoms with Gasteiger partial charge in [-0.3, -0.25) is 28.9 Å². The molecule has 1 heterocycles. The highest BCUT2D eigenvalue weighted by molar-refractivity contribution is 9.12. The number of carbonyl (C=O) groups is 5. The van der Waals surface area contributed by atoms with Gasteiger partial charge >= 0.3 is 5.97 Å². The number of allylic oxidation sites excluding steroid dienone is 6. The van der Waals surface area contributed by atoms with Gasteiger partial charge in [0.2, 0.25) is 11.8 Å². The molecule has 10 heteroatoms. The van der Waals surface area contributed by atoms with Gasteiger partial charge in [-0.05, 0) is 65.7 Å². The number of likely N-dealkylation sites (tertiary alicyclic amines) is 1. The van der Waals surface area contributed by atoms with E-state index >= 15 is 0 Å². The van der Waals surface area contributed by atoms with Crippen molar-refractivity contribution < 1.29 is 34.2 Å². The lowest BCUT2D eigenvalue weighted by atomic mass is 9.59. The van der Waals surface area contributed by atoms with Crippen LogP contribution in [0.15, 0.2) is 56.0 Å². The van der Waals surface area contributed by atoms with Gasteiger partial charge in [-0.2, -0.15) is 0 Å². The molecule has 1 aromatic carbocycles. The van der Waals surface area contributed by atoms with E-state index in [0.29, 0.717) is 46.9 Å². The molecular weight excluding hydrogens is 622 g/mol. The molecule has 4 aliphatic rings. The van der Waals surface area contributed by atoms with Crippen LogP contribution in [0.4, 0.5) is 0 Å². The molecule has 1 aromatic rings. The molecule has 5 rings (SSSR count). The predicted molar refractivity (Wildman–Crippen MR) is 143 cm³/mol. The molecule has 38 heavy (non-hydrogen) atoms. The lowest BCUT2D eigenvalue weighted by Crippen LogP contribution is -2.39. The van der Waals surface area contributed by atoms with Crippen LogP contribution in [0, 0.1) is 17.8 Å². The number of halogens is 2. The molecule has 0 bridgehead atoms. The number of phenolic OH excluding ortho intramolecular Hbond substituents is 1. The predicted octanol–water partition coefficient (Wildman–Crippen LogP) is 4.56. The largest absolute Gasteiger partial charge is 0.508 e. The van der Waals surface area contributed by atoms with E-state index in [0.717, 1.165) is 5.57 Å². The van der Waals surface area contributed by atoms with E-state index in [1.165, 1.54) is 17.0 Å². The van der Waals surface area contributed by atoms with Crippen molar-refractivity contribution in [3.8, 4) is 5.75 Å². The van der Waals surface area contributed by atoms with Crippen molar-refractivity contribution in [2.24, 2.45) is 17.8 Å². The second-order valence-corrected chi connectivity index (χ2v) is 11.9. The van der Waals surface area contributed by atoms with Crippen molar-refractivity contribution in [1.29, 1.82) is 0 Å². The van der Waals surface area contributed by atoms with E-state index in [-0.39, 0.29) is 53.0 Å². The normalized spacial score (nSPS) is 26.6. The van der Waals surface area contributed by atoms with E-state index < -0.39 is 29.6 Å². The first-order valence-electron chi connectivity index (χ1n) is 12.5. The quantitative estimate of drug-likeness (QED) is 0.192. The molecule has 4 atom stereocenters. The Balaban J connectivity index is 1.51. The topological polar surface area (TPSA) is 129 Å². The number of ketones is 2. The Labute approximate surface area is 235 Å². The molecule has 0 saturated carbocycles. The standard InChI is InChI=1S/C28H25Br2NO7/c29-13-5-8-20(32)17(10-13)23-14-6-7-15-24(16(14)11-18-25(23)21(33)12-19(30)26(18)36)28(38)31(27(15)37)9-3-1-2-4-22(34)35/h5-6,8,10,12,15-16,23-24,32H,1-4,7,9,11H2,(H,34,35). The maximum Gasteiger partial charge on any atom is 0.303 e. The SMILES string of the molecule is O=C(O)CCCCCN1C(=O)C2CC=C3C(c4cc(Br)ccc4O)C4=C(CC3C2C1=O)C(=O)C(Br)=CC4=O. The third kappa shape index (κ3) is 4.51. The molecule has 1 fully saturated rings. The van der Waals surface area contributed by atoms with Gasteiger partial charge in [0.05, 0.1) is 16.3 Å². The zero-order chi connectivity index (χ0) is 27.3. The number of carbonyl (C=O) groups excluding carboxylic acids is 4. The fourth-order valence-electron chi connectivity index (χ4n) is 6.33. The number of Topliss-reactive ketones (excluding diaryl/α,β-unsaturated/α-hetero) is 1. The minimum Gasteiger partial charge on any atom is -0.508 e. The Morgan fingerprint density at radius 2 is 1.79 bits per heavy atom. The summed E-state index contributed by atoms with van der Waals surface area (Å²) in [7, 11) is 0. The number of carboxylic acids is 1. The summed E-state index contributed by atoms with van der Waals surface area (Å²) in [4.78, 5) is 65.5. The van der Waals surface area contributed by atoms with Crippen LogP contribution >= 0.6 is 31.9 Å². The van der Waals surface area contributed by atoms with Gasteiger partial charge in [-0.15, -0.1) is 0 Å². The number of aromatic hydroxyl groups is 1. The van der Waals surface area contributed by atoms with Crippen molar-refractivity contribution in [2.45, 2.75) is 44.4 Å². The van der Waals surface area contributed by atoms with Crippen molar-refractivity contribution in [3.63, 3.8) is 0 Å². The monoisotopic (exact) mass is 645 g/mol. The van der Waals surface area contributed by atoms with E-state index in [1.54, 1.807) is 12.1 Å². The highest BCUT2D eigenvalue weighted by Crippen LogP contribution is 2.56. The molecule has 0 aromatic heterocycles. The van der Waals surface area contributed by atoms with Crippen molar-refractivity contribution in [3.05, 3.63) is 61.6 Å². The average Bonchev–Trinajstić information content (AvgIpc) is 3.12. The maximum absolute atomic E-state index is 13.6. The zero-order valence-electron chi connectivity index (χ0n) is 20.3. The summed E-state index contributed by atoms with van der Waals surface area (Å²) in [6.45, 7) is 0.224. The number of fused-ring (bicyclic) bond motifs is 3. The summed E-state index contributed by atoms with van der Waals surface area (Å²) in [5, 5.41) is 19.6. The van der Waals surface area contributed by atoms with E-state index in [9.17, 15) is 29.1 Å². The average molecular weight is 647 g/mol. The van der Waals surface area contributed by atoms with Crippen LogP contribution in [-0.2, 0) is 24.0 Å². The van der Waals surface area contributed by atoms with E-state index in [2.05, 4.69) is 31.9 Å². The minimum absolute atomic E-state index is 0.0283. The number of rotatable bonds is 7. The summed E-state index contributed by atoms with van der Waals surface area (Å²) in [6, 6.07) is 4.92. The third-order valence-electron chi connectivity index (χ3n) is 8.00. The number of hydrogen-bond acceptors (Lipinski definition) is 6. The van der Waals surface area contributed by atoms with Crippen molar-refractivity contribution in [1.82, 2.24) is 4.90 Å². The lowest BCUT2D eigenvalue weighted by Gasteiger charge is -2.42. The minimum atomic E-state index is -0.878. The number of unbranched alkanes of at least 4 members (excludes halogenated alkanes) is 2. The number of carboxylic acid groups (broad SMARTS) is 1. The number of aliphatic carboxylic acids is 1. The maximum atomic E-state index is 13.6. The van der Waals surface area contributed by atoms with Gasteiger partial charge in [0.25, 0.3) is 0 Å². The van der Waals surface area contributed by atoms with Crippen LogP contribution < -0.4 is 0 Å². The molecule has 0 radical (unpaired) electrons. The molecule has 2 N–H and O–H groups in total. The summed E-state index contributed by atoms with van der Waals surface area (Å²) in [5.41, 5.74) is 1.85. The van der Waals surface area contributed by atoms with Crippen LogP contribution in [-0.4, -0.2) is 51.0 Å². The first-order chi connectivity index (χ1) is 18.1. The Kier molecular flexibility index (Phi) is 7.30. The molecule has 198 valence electrons. The molecule has 4 unspecified atom stereocenters. The first-order valence-corrected chi connectivity index (χ1v) is 14.1. The molecule has 2 amide bonds. The second-order valence-electron chi connectivity index (χ2n) is 10.1. The van der Waals surface area contributed by atoms with Crippen molar-refractivity contribution >= 4 is 61.2 Å². The third-order valence-corrected chi connectivity index (χ3v) is 9.08. The molecular formula is C28H25Br2NO7. The Morgan fingerprint density at radius 1 is 1.03 bits per heavy atom. The Morgan fingerprint density at radius 3 is 2.53 bits per heavy atom. The van der Waals surface area contributed by atoms with Gasteiger partial charge in [0.15, 0.2) is 11.6 Å². The van der Waals surface area contributed by atoms with Gasteiger partial charge in [0, 0.05) is 46.1 Å². The Bertz CT molecular complexity index is 1370. The summed E-state index contributed by atoms with van der Waals surface area (Å²) in [6.07, 6.45) is 5.27. The first kappa shape index (κ1) is 26.7. The van der Waals surface area contributed by atoms with Gasteiger partial charge in [0.1, 0.15) is 5.75 Å². The summed E-state index contributed by atoms with van der Waals surface area (Å²) >= 11 is 6.64. The highest BCUT2D eigenvalue weighted by atomic mass is 79.9. The molecule has 8 nitrogen and oxygen atoms in total. The summed E-state index contributed by atoms with van der Waals surface area (Å²) in [5.74, 6) is -4.51. The van der Waals surface area contributed by atoms with Crippen molar-refractivity contribution in [2.75, 3.05) is 6.54 Å². The van der Waals surface area contributed by atoms with Gasteiger partial charge in [-0.25, -0.2) is 0 Å². The zero-order valence-corrected chi connectivity index (χ0v) is 23.5. The Hall–Kier alpha value is -2.85. The van der Waals surface area contributed by atoms with Gasteiger partial charge < -0.3 is 10.2 Å². The van der Waals surface area contributed by atoms with Crippen LogP contribution in [0.5, 0.6) is 5.75 Å². The second kappa shape index (κ2) is 10.4. The number of hydrogen-bond donors (Lipinski definition) is 2. The molecule has 1 aliphatic heterocycles. The van der Waals surface area contributed by atoms with E-state index in [4.69, 9.17) is 5.11 Å². The van der Waals surface area contributed by atoms with Crippen LogP contribution in [0.3, 0.4) is 0 Å². The van der Waals surface area contributed by atoms with Gasteiger partial charge in [-0.1, -0.05) is 34.0 Å². The molecule has 0 spiro atoms. The van der Waals surface area contributed by atoms with E-state index in [1.807, 2.05) is 6.08 Å². The number of benzene rings is 1. The fraction of sp³-hybridized carbons (Fsp3) is 0.393. The molecule has 3 aliphatic carbocycles. The van der Waals surface area contributed by atoms with Crippen LogP contribution in [0.1, 0.15) is 50.0 Å². The van der Waals surface area contributed by atoms with Crippen LogP contribution in [0.2, 0.25) is 0 Å². The summed E-state index contributed by atoms with van der Waals surface area (Å²) < 4.78 is 0.839. The van der Waals surface area contributed by atoms with Crippen LogP contribution in [0.25, 0.3) is 0 Å². The highest BCUT2D eigenvalue weighted by Gasteiger charge is 2.56.